The first kappa shape index (κ1) is 9.92. The predicted molar refractivity (Wildman–Crippen MR) is 50.7 cm³/mol. The number of rotatable bonds is 4. The molecule has 0 saturated carbocycles. The lowest BCUT2D eigenvalue weighted by Crippen LogP contribution is -2.50. The maximum absolute atomic E-state index is 3.27. The van der Waals surface area contributed by atoms with Gasteiger partial charge in [0.2, 0.25) is 0 Å². The van der Waals surface area contributed by atoms with E-state index in [1.54, 1.807) is 0 Å². The van der Waals surface area contributed by atoms with E-state index < -0.39 is 0 Å². The number of hydrogen-bond acceptors (Lipinski definition) is 4. The molecule has 1 heterocycles. The molecule has 0 spiro atoms. The van der Waals surface area contributed by atoms with Gasteiger partial charge in [-0.2, -0.15) is 0 Å². The molecule has 4 nitrogen and oxygen atoms in total. The van der Waals surface area contributed by atoms with Crippen molar-refractivity contribution in [1.82, 2.24) is 20.4 Å². The number of nitrogens with one attached hydrogen (secondary N) is 2. The minimum atomic E-state index is 0.949. The third-order valence-electron chi connectivity index (χ3n) is 2.00. The van der Waals surface area contributed by atoms with Gasteiger partial charge in [-0.05, 0) is 27.1 Å². The van der Waals surface area contributed by atoms with E-state index >= 15 is 0 Å². The number of hydrogen-bond donors (Lipinski definition) is 2. The first-order valence-electron chi connectivity index (χ1n) is 4.57. The van der Waals surface area contributed by atoms with Gasteiger partial charge in [-0.15, -0.1) is 0 Å². The first-order chi connectivity index (χ1) is 5.79. The molecule has 1 aliphatic rings. The van der Waals surface area contributed by atoms with E-state index in [9.17, 15) is 0 Å². The van der Waals surface area contributed by atoms with E-state index in [0.717, 1.165) is 20.0 Å². The fraction of sp³-hybridized carbons (Fsp3) is 1.00. The Bertz CT molecular complexity index is 110. The molecule has 0 unspecified atom stereocenters. The summed E-state index contributed by atoms with van der Waals surface area (Å²) in [6, 6.07) is 0. The molecule has 4 heteroatoms. The summed E-state index contributed by atoms with van der Waals surface area (Å²) in [6.07, 6.45) is 1.25. The van der Waals surface area contributed by atoms with Gasteiger partial charge < -0.3 is 4.90 Å². The van der Waals surface area contributed by atoms with Crippen LogP contribution in [0.15, 0.2) is 0 Å². The van der Waals surface area contributed by atoms with Crippen molar-refractivity contribution in [2.45, 2.75) is 6.42 Å². The molecule has 1 rings (SSSR count). The lowest BCUT2D eigenvalue weighted by molar-refractivity contribution is 0.183. The van der Waals surface area contributed by atoms with Crippen LogP contribution in [0.1, 0.15) is 6.42 Å². The van der Waals surface area contributed by atoms with Crippen LogP contribution in [0.4, 0.5) is 0 Å². The van der Waals surface area contributed by atoms with Crippen LogP contribution in [0, 0.1) is 0 Å². The van der Waals surface area contributed by atoms with Gasteiger partial charge in [-0.1, -0.05) is 0 Å². The van der Waals surface area contributed by atoms with Crippen LogP contribution in [0.2, 0.25) is 0 Å². The van der Waals surface area contributed by atoms with E-state index in [-0.39, 0.29) is 0 Å². The third-order valence-corrected chi connectivity index (χ3v) is 2.00. The Labute approximate surface area is 74.9 Å². The van der Waals surface area contributed by atoms with E-state index in [2.05, 4.69) is 34.5 Å². The topological polar surface area (TPSA) is 30.5 Å². The Hall–Kier alpha value is -0.160. The highest BCUT2D eigenvalue weighted by atomic mass is 15.4. The molecule has 0 amide bonds. The molecule has 2 N–H and O–H groups in total. The average Bonchev–Trinajstić information content (AvgIpc) is 2.05. The minimum absolute atomic E-state index is 0.949. The van der Waals surface area contributed by atoms with Crippen molar-refractivity contribution >= 4 is 0 Å². The summed E-state index contributed by atoms with van der Waals surface area (Å²) >= 11 is 0. The Morgan fingerprint density at radius 2 is 1.92 bits per heavy atom. The second-order valence-corrected chi connectivity index (χ2v) is 3.54. The SMILES string of the molecule is CN(C)CCCN1CNCNC1. The van der Waals surface area contributed by atoms with Crippen LogP contribution in [0.3, 0.4) is 0 Å². The standard InChI is InChI=1S/C8H20N4/c1-11(2)4-3-5-12-7-9-6-10-8-12/h9-10H,3-8H2,1-2H3. The summed E-state index contributed by atoms with van der Waals surface area (Å²) < 4.78 is 0. The normalized spacial score (nSPS) is 20.2. The largest absolute Gasteiger partial charge is 0.309 e. The molecular weight excluding hydrogens is 152 g/mol. The lowest BCUT2D eigenvalue weighted by Gasteiger charge is -2.28. The summed E-state index contributed by atoms with van der Waals surface area (Å²) in [5, 5.41) is 6.55. The maximum atomic E-state index is 3.27. The van der Waals surface area contributed by atoms with Crippen molar-refractivity contribution in [3.05, 3.63) is 0 Å². The van der Waals surface area contributed by atoms with Crippen molar-refractivity contribution in [3.63, 3.8) is 0 Å². The minimum Gasteiger partial charge on any atom is -0.309 e. The third kappa shape index (κ3) is 4.01. The fourth-order valence-corrected chi connectivity index (χ4v) is 1.34. The molecule has 0 radical (unpaired) electrons. The molecule has 1 fully saturated rings. The van der Waals surface area contributed by atoms with Gasteiger partial charge in [0.25, 0.3) is 0 Å². The summed E-state index contributed by atoms with van der Waals surface area (Å²) in [6.45, 7) is 5.36. The second-order valence-electron chi connectivity index (χ2n) is 3.54. The molecule has 12 heavy (non-hydrogen) atoms. The quantitative estimate of drug-likeness (QED) is 0.587. The van der Waals surface area contributed by atoms with E-state index in [1.165, 1.54) is 19.5 Å². The number of nitrogens with zero attached hydrogens (tertiary/aromatic N) is 2. The first-order valence-corrected chi connectivity index (χ1v) is 4.57. The van der Waals surface area contributed by atoms with Gasteiger partial charge in [0.05, 0.1) is 13.3 Å². The zero-order valence-corrected chi connectivity index (χ0v) is 8.14. The molecule has 0 bridgehead atoms. The summed E-state index contributed by atoms with van der Waals surface area (Å²) in [5.41, 5.74) is 0. The van der Waals surface area contributed by atoms with Crippen LogP contribution in [0.5, 0.6) is 0 Å². The van der Waals surface area contributed by atoms with E-state index in [0.29, 0.717) is 0 Å². The van der Waals surface area contributed by atoms with Crippen molar-refractivity contribution < 1.29 is 0 Å². The molecule has 0 aromatic rings. The van der Waals surface area contributed by atoms with Gasteiger partial charge in [0.15, 0.2) is 0 Å². The fourth-order valence-electron chi connectivity index (χ4n) is 1.34. The predicted octanol–water partition coefficient (Wildman–Crippen LogP) is -0.695. The van der Waals surface area contributed by atoms with Crippen LogP contribution < -0.4 is 10.6 Å². The Morgan fingerprint density at radius 3 is 2.50 bits per heavy atom. The van der Waals surface area contributed by atoms with Crippen molar-refractivity contribution in [2.24, 2.45) is 0 Å². The molecule has 0 atom stereocenters. The van der Waals surface area contributed by atoms with Gasteiger partial charge in [-0.25, -0.2) is 0 Å². The van der Waals surface area contributed by atoms with Gasteiger partial charge >= 0.3 is 0 Å². The lowest BCUT2D eigenvalue weighted by atomic mass is 10.4. The van der Waals surface area contributed by atoms with Crippen LogP contribution in [0.25, 0.3) is 0 Å². The highest BCUT2D eigenvalue weighted by Crippen LogP contribution is 1.91. The molecule has 0 aliphatic carbocycles. The summed E-state index contributed by atoms with van der Waals surface area (Å²) in [7, 11) is 4.24. The summed E-state index contributed by atoms with van der Waals surface area (Å²) in [4.78, 5) is 4.61. The molecule has 1 aliphatic heterocycles. The summed E-state index contributed by atoms with van der Waals surface area (Å²) in [5.74, 6) is 0. The average molecular weight is 172 g/mol. The van der Waals surface area contributed by atoms with Gasteiger partial charge in [0, 0.05) is 13.2 Å². The second kappa shape index (κ2) is 5.48. The van der Waals surface area contributed by atoms with Crippen LogP contribution in [-0.4, -0.2) is 57.0 Å². The highest BCUT2D eigenvalue weighted by Gasteiger charge is 2.07. The smallest absolute Gasteiger partial charge is 0.0502 e. The highest BCUT2D eigenvalue weighted by molar-refractivity contribution is 4.60. The molecule has 0 aromatic carbocycles. The molecule has 72 valence electrons. The Morgan fingerprint density at radius 1 is 1.25 bits per heavy atom. The molecular formula is C8H20N4. The monoisotopic (exact) mass is 172 g/mol. The zero-order chi connectivity index (χ0) is 8.81. The van der Waals surface area contributed by atoms with Crippen molar-refractivity contribution in [3.8, 4) is 0 Å². The van der Waals surface area contributed by atoms with Crippen LogP contribution in [-0.2, 0) is 0 Å². The zero-order valence-electron chi connectivity index (χ0n) is 8.14. The Kier molecular flexibility index (Phi) is 4.53. The van der Waals surface area contributed by atoms with E-state index in [4.69, 9.17) is 0 Å². The molecule has 1 saturated heterocycles. The van der Waals surface area contributed by atoms with Crippen molar-refractivity contribution in [2.75, 3.05) is 47.2 Å². The van der Waals surface area contributed by atoms with Crippen LogP contribution >= 0.6 is 0 Å². The van der Waals surface area contributed by atoms with Gasteiger partial charge in [0.1, 0.15) is 0 Å². The van der Waals surface area contributed by atoms with E-state index in [1.807, 2.05) is 0 Å². The Balaban J connectivity index is 1.98. The van der Waals surface area contributed by atoms with Crippen molar-refractivity contribution in [1.29, 1.82) is 0 Å². The maximum Gasteiger partial charge on any atom is 0.0502 e. The van der Waals surface area contributed by atoms with Gasteiger partial charge in [-0.3, -0.25) is 15.5 Å². The molecule has 0 aromatic heterocycles.